The fraction of sp³-hybridized carbons (Fsp3) is 0.471. The molecule has 3 nitrogen and oxygen atoms in total. The van der Waals surface area contributed by atoms with Gasteiger partial charge in [-0.3, -0.25) is 4.79 Å². The second-order valence-electron chi connectivity index (χ2n) is 5.82. The van der Waals surface area contributed by atoms with Crippen LogP contribution in [0.5, 0.6) is 0 Å². The fourth-order valence-electron chi connectivity index (χ4n) is 2.77. The van der Waals surface area contributed by atoms with Crippen molar-refractivity contribution in [1.82, 2.24) is 5.32 Å². The van der Waals surface area contributed by atoms with E-state index in [2.05, 4.69) is 5.32 Å². The van der Waals surface area contributed by atoms with Gasteiger partial charge in [-0.05, 0) is 36.6 Å². The Bertz CT molecular complexity index is 490. The summed E-state index contributed by atoms with van der Waals surface area (Å²) in [6.45, 7) is 0.696. The molecule has 0 aliphatic heterocycles. The summed E-state index contributed by atoms with van der Waals surface area (Å²) in [6, 6.07) is 7.31. The van der Waals surface area contributed by atoms with Crippen molar-refractivity contribution in [1.29, 1.82) is 0 Å². The largest absolute Gasteiger partial charge is 0.396 e. The molecule has 1 aromatic rings. The van der Waals surface area contributed by atoms with E-state index >= 15 is 0 Å². The van der Waals surface area contributed by atoms with Gasteiger partial charge in [-0.2, -0.15) is 0 Å². The average Bonchev–Trinajstić information content (AvgIpc) is 2.53. The first kappa shape index (κ1) is 16.1. The fourth-order valence-corrected chi connectivity index (χ4v) is 2.90. The lowest BCUT2D eigenvalue weighted by molar-refractivity contribution is -0.117. The van der Waals surface area contributed by atoms with Crippen molar-refractivity contribution < 1.29 is 9.90 Å². The van der Waals surface area contributed by atoms with Gasteiger partial charge in [0.2, 0.25) is 5.91 Å². The highest BCUT2D eigenvalue weighted by Crippen LogP contribution is 2.35. The van der Waals surface area contributed by atoms with Crippen LogP contribution in [0, 0.1) is 5.41 Å². The molecule has 21 heavy (non-hydrogen) atoms. The van der Waals surface area contributed by atoms with Gasteiger partial charge in [0.05, 0.1) is 6.61 Å². The second-order valence-corrected chi connectivity index (χ2v) is 6.26. The van der Waals surface area contributed by atoms with Crippen molar-refractivity contribution >= 4 is 23.6 Å². The molecule has 2 rings (SSSR count). The Morgan fingerprint density at radius 3 is 2.52 bits per heavy atom. The first-order valence-electron chi connectivity index (χ1n) is 7.46. The monoisotopic (exact) mass is 307 g/mol. The van der Waals surface area contributed by atoms with Crippen molar-refractivity contribution in [2.24, 2.45) is 5.41 Å². The first-order chi connectivity index (χ1) is 10.1. The molecule has 1 aromatic carbocycles. The summed E-state index contributed by atoms with van der Waals surface area (Å²) in [5.41, 5.74) is 0.811. The van der Waals surface area contributed by atoms with E-state index in [0.717, 1.165) is 31.2 Å². The van der Waals surface area contributed by atoms with Crippen molar-refractivity contribution in [3.8, 4) is 0 Å². The topological polar surface area (TPSA) is 49.3 Å². The maximum Gasteiger partial charge on any atom is 0.244 e. The summed E-state index contributed by atoms with van der Waals surface area (Å²) in [5.74, 6) is -0.122. The molecule has 0 spiro atoms. The van der Waals surface area contributed by atoms with Gasteiger partial charge in [0.15, 0.2) is 0 Å². The number of rotatable bonds is 5. The van der Waals surface area contributed by atoms with Crippen LogP contribution in [0.2, 0.25) is 5.02 Å². The predicted octanol–water partition coefficient (Wildman–Crippen LogP) is 3.41. The number of nitrogens with one attached hydrogen (secondary N) is 1. The van der Waals surface area contributed by atoms with Crippen LogP contribution in [-0.4, -0.2) is 24.2 Å². The minimum atomic E-state index is -0.123. The van der Waals surface area contributed by atoms with Gasteiger partial charge in [0, 0.05) is 23.1 Å². The standard InChI is InChI=1S/C17H22ClNO2/c18-15-7-4-14(5-8-15)6-9-16(21)19-12-17(13-20)10-2-1-3-11-17/h4-9,20H,1-3,10-13H2,(H,19,21)/b9-6+. The third-order valence-corrected chi connectivity index (χ3v) is 4.44. The molecule has 1 saturated carbocycles. The van der Waals surface area contributed by atoms with E-state index < -0.39 is 0 Å². The number of amides is 1. The number of benzene rings is 1. The van der Waals surface area contributed by atoms with E-state index in [0.29, 0.717) is 11.6 Å². The number of halogens is 1. The van der Waals surface area contributed by atoms with Crippen molar-refractivity contribution in [2.75, 3.05) is 13.2 Å². The molecule has 0 heterocycles. The van der Waals surface area contributed by atoms with E-state index in [1.807, 2.05) is 12.1 Å². The zero-order chi connectivity index (χ0) is 15.1. The molecule has 0 saturated heterocycles. The zero-order valence-electron chi connectivity index (χ0n) is 12.1. The van der Waals surface area contributed by atoms with Crippen LogP contribution in [0.3, 0.4) is 0 Å². The minimum Gasteiger partial charge on any atom is -0.396 e. The lowest BCUT2D eigenvalue weighted by atomic mass is 9.74. The van der Waals surface area contributed by atoms with Gasteiger partial charge >= 0.3 is 0 Å². The van der Waals surface area contributed by atoms with Crippen molar-refractivity contribution in [3.63, 3.8) is 0 Å². The Morgan fingerprint density at radius 2 is 1.90 bits per heavy atom. The van der Waals surface area contributed by atoms with E-state index in [1.165, 1.54) is 12.5 Å². The summed E-state index contributed by atoms with van der Waals surface area (Å²) in [5, 5.41) is 13.2. The molecule has 1 aliphatic rings. The molecule has 2 N–H and O–H groups in total. The third-order valence-electron chi connectivity index (χ3n) is 4.18. The molecule has 0 unspecified atom stereocenters. The van der Waals surface area contributed by atoms with Crippen LogP contribution in [-0.2, 0) is 4.79 Å². The van der Waals surface area contributed by atoms with Gasteiger partial charge in [-0.15, -0.1) is 0 Å². The number of aliphatic hydroxyl groups excluding tert-OH is 1. The van der Waals surface area contributed by atoms with Crippen molar-refractivity contribution in [3.05, 3.63) is 40.9 Å². The number of aliphatic hydroxyl groups is 1. The molecule has 4 heteroatoms. The Kier molecular flexibility index (Phi) is 5.83. The number of hydrogen-bond acceptors (Lipinski definition) is 2. The average molecular weight is 308 g/mol. The van der Waals surface area contributed by atoms with Crippen molar-refractivity contribution in [2.45, 2.75) is 32.1 Å². The Balaban J connectivity index is 1.85. The summed E-state index contributed by atoms with van der Waals surface area (Å²) < 4.78 is 0. The molecule has 0 bridgehead atoms. The molecule has 114 valence electrons. The highest BCUT2D eigenvalue weighted by molar-refractivity contribution is 6.30. The molecular formula is C17H22ClNO2. The number of carbonyl (C=O) groups is 1. The lowest BCUT2D eigenvalue weighted by Gasteiger charge is -2.35. The molecule has 0 atom stereocenters. The third kappa shape index (κ3) is 4.87. The van der Waals surface area contributed by atoms with Gasteiger partial charge in [-0.25, -0.2) is 0 Å². The van der Waals surface area contributed by atoms with Crippen LogP contribution >= 0.6 is 11.6 Å². The van der Waals surface area contributed by atoms with Crippen LogP contribution in [0.15, 0.2) is 30.3 Å². The summed E-state index contributed by atoms with van der Waals surface area (Å²) in [4.78, 5) is 11.9. The van der Waals surface area contributed by atoms with E-state index in [-0.39, 0.29) is 17.9 Å². The van der Waals surface area contributed by atoms with Gasteiger partial charge in [0.25, 0.3) is 0 Å². The zero-order valence-corrected chi connectivity index (χ0v) is 12.9. The maximum atomic E-state index is 11.9. The van der Waals surface area contributed by atoms with Crippen LogP contribution in [0.4, 0.5) is 0 Å². The highest BCUT2D eigenvalue weighted by atomic mass is 35.5. The van der Waals surface area contributed by atoms with Gasteiger partial charge in [0.1, 0.15) is 0 Å². The van der Waals surface area contributed by atoms with Crippen LogP contribution in [0.1, 0.15) is 37.7 Å². The second kappa shape index (κ2) is 7.62. The quantitative estimate of drug-likeness (QED) is 0.819. The van der Waals surface area contributed by atoms with Crippen LogP contribution in [0.25, 0.3) is 6.08 Å². The van der Waals surface area contributed by atoms with Gasteiger partial charge < -0.3 is 10.4 Å². The summed E-state index contributed by atoms with van der Waals surface area (Å²) >= 11 is 5.81. The minimum absolute atomic E-state index is 0.122. The van der Waals surface area contributed by atoms with E-state index in [1.54, 1.807) is 18.2 Å². The Labute approximate surface area is 131 Å². The number of hydrogen-bond donors (Lipinski definition) is 2. The lowest BCUT2D eigenvalue weighted by Crippen LogP contribution is -2.40. The van der Waals surface area contributed by atoms with E-state index in [4.69, 9.17) is 11.6 Å². The summed E-state index contributed by atoms with van der Waals surface area (Å²) in [7, 11) is 0. The Hall–Kier alpha value is -1.32. The highest BCUT2D eigenvalue weighted by Gasteiger charge is 2.31. The molecule has 1 aliphatic carbocycles. The molecule has 0 aromatic heterocycles. The molecule has 1 amide bonds. The molecule has 0 radical (unpaired) electrons. The SMILES string of the molecule is O=C(/C=C/c1ccc(Cl)cc1)NCC1(CO)CCCCC1. The normalized spacial score (nSPS) is 17.8. The predicted molar refractivity (Wildman–Crippen MR) is 86.1 cm³/mol. The number of carbonyl (C=O) groups excluding carboxylic acids is 1. The van der Waals surface area contributed by atoms with E-state index in [9.17, 15) is 9.90 Å². The molecule has 1 fully saturated rings. The van der Waals surface area contributed by atoms with Gasteiger partial charge in [-0.1, -0.05) is 43.0 Å². The Morgan fingerprint density at radius 1 is 1.24 bits per heavy atom. The van der Waals surface area contributed by atoms with Crippen LogP contribution < -0.4 is 5.32 Å². The first-order valence-corrected chi connectivity index (χ1v) is 7.84. The smallest absolute Gasteiger partial charge is 0.244 e. The summed E-state index contributed by atoms with van der Waals surface area (Å²) in [6.07, 6.45) is 8.77. The maximum absolute atomic E-state index is 11.9. The molecular weight excluding hydrogens is 286 g/mol.